The number of amides is 2. The Morgan fingerprint density at radius 3 is 2.00 bits per heavy atom. The number of cyclic esters (lactones) is 2. The smallest absolute Gasteiger partial charge is 0.348 e. The van der Waals surface area contributed by atoms with E-state index in [9.17, 15) is 51.3 Å². The maximum absolute atomic E-state index is 14.7. The molecule has 3 aromatic carbocycles. The molecular formula is C32H29F5N2O8. The molecule has 0 radical (unpaired) electrons. The number of halogens is 5. The molecule has 6 unspecified atom stereocenters. The Kier molecular flexibility index (Phi) is 10.8. The van der Waals surface area contributed by atoms with Gasteiger partial charge in [-0.1, -0.05) is 42.5 Å². The molecule has 4 rings (SSSR count). The summed E-state index contributed by atoms with van der Waals surface area (Å²) in [6.45, 7) is 2.26. The molecule has 1 aliphatic rings. The quantitative estimate of drug-likeness (QED) is 0.136. The molecule has 2 amide bonds. The minimum absolute atomic E-state index is 0.226. The lowest BCUT2D eigenvalue weighted by atomic mass is 9.91. The molecule has 250 valence electrons. The second-order valence-corrected chi connectivity index (χ2v) is 10.9. The number of rotatable bonds is 6. The molecule has 0 saturated carbocycles. The molecule has 47 heavy (non-hydrogen) atoms. The van der Waals surface area contributed by atoms with E-state index in [4.69, 9.17) is 9.47 Å². The highest BCUT2D eigenvalue weighted by Crippen LogP contribution is 2.26. The van der Waals surface area contributed by atoms with Gasteiger partial charge in [0.25, 0.3) is 5.91 Å². The fourth-order valence-corrected chi connectivity index (χ4v) is 4.92. The second kappa shape index (κ2) is 14.6. The van der Waals surface area contributed by atoms with Crippen molar-refractivity contribution in [1.82, 2.24) is 10.6 Å². The van der Waals surface area contributed by atoms with Gasteiger partial charge in [0.05, 0.1) is 23.6 Å². The molecule has 4 N–H and O–H groups in total. The summed E-state index contributed by atoms with van der Waals surface area (Å²) in [5, 5.41) is 25.8. The predicted octanol–water partition coefficient (Wildman–Crippen LogP) is 3.01. The number of hydrogen-bond donors (Lipinski definition) is 4. The number of phenolic OH excluding ortho intramolecular Hbond substituents is 1. The number of aliphatic hydroxyl groups excluding tert-OH is 1. The first-order valence-corrected chi connectivity index (χ1v) is 14.2. The van der Waals surface area contributed by atoms with Gasteiger partial charge in [0, 0.05) is 18.4 Å². The first-order valence-electron chi connectivity index (χ1n) is 14.2. The van der Waals surface area contributed by atoms with Crippen molar-refractivity contribution in [2.24, 2.45) is 5.92 Å². The van der Waals surface area contributed by atoms with E-state index >= 15 is 0 Å². The Morgan fingerprint density at radius 2 is 1.38 bits per heavy atom. The highest BCUT2D eigenvalue weighted by molar-refractivity contribution is 6.00. The Labute approximate surface area is 264 Å². The van der Waals surface area contributed by atoms with Crippen molar-refractivity contribution in [3.8, 4) is 5.75 Å². The van der Waals surface area contributed by atoms with Gasteiger partial charge in [0.2, 0.25) is 17.8 Å². The van der Waals surface area contributed by atoms with Crippen LogP contribution in [0.25, 0.3) is 0 Å². The number of phenols is 1. The number of para-hydroxylation sites is 1. The topological polar surface area (TPSA) is 151 Å². The normalized spacial score (nSPS) is 23.9. The highest BCUT2D eigenvalue weighted by atomic mass is 19.2. The molecule has 6 atom stereocenters. The first kappa shape index (κ1) is 34.8. The Hall–Kier alpha value is -5.05. The molecule has 1 fully saturated rings. The molecule has 1 saturated heterocycles. The van der Waals surface area contributed by atoms with Crippen LogP contribution >= 0.6 is 0 Å². The van der Waals surface area contributed by atoms with Crippen LogP contribution in [0.4, 0.5) is 22.0 Å². The zero-order valence-corrected chi connectivity index (χ0v) is 24.8. The van der Waals surface area contributed by atoms with Crippen LogP contribution in [0.15, 0.2) is 54.6 Å². The van der Waals surface area contributed by atoms with Crippen molar-refractivity contribution in [3.63, 3.8) is 0 Å². The molecule has 10 nitrogen and oxygen atoms in total. The summed E-state index contributed by atoms with van der Waals surface area (Å²) in [4.78, 5) is 53.2. The summed E-state index contributed by atoms with van der Waals surface area (Å²) in [7, 11) is 0. The van der Waals surface area contributed by atoms with Gasteiger partial charge >= 0.3 is 11.9 Å². The van der Waals surface area contributed by atoms with E-state index < -0.39 is 107 Å². The lowest BCUT2D eigenvalue weighted by Gasteiger charge is -2.33. The monoisotopic (exact) mass is 664 g/mol. The van der Waals surface area contributed by atoms with Crippen LogP contribution in [0.2, 0.25) is 0 Å². The van der Waals surface area contributed by atoms with E-state index in [0.717, 1.165) is 6.92 Å². The lowest BCUT2D eigenvalue weighted by Crippen LogP contribution is -2.59. The molecular weight excluding hydrogens is 635 g/mol. The van der Waals surface area contributed by atoms with Gasteiger partial charge in [0.15, 0.2) is 23.3 Å². The molecule has 15 heteroatoms. The van der Waals surface area contributed by atoms with E-state index in [0.29, 0.717) is 5.56 Å². The molecule has 1 aliphatic heterocycles. The number of hydrogen-bond acceptors (Lipinski definition) is 8. The Balaban J connectivity index is 1.77. The lowest BCUT2D eigenvalue weighted by molar-refractivity contribution is -0.177. The zero-order valence-electron chi connectivity index (χ0n) is 24.8. The number of aliphatic hydroxyl groups is 1. The summed E-state index contributed by atoms with van der Waals surface area (Å²) in [5.41, 5.74) is -1.19. The van der Waals surface area contributed by atoms with E-state index in [1.165, 1.54) is 31.2 Å². The number of nitrogens with one attached hydrogen (secondary N) is 2. The zero-order chi connectivity index (χ0) is 34.6. The van der Waals surface area contributed by atoms with E-state index in [2.05, 4.69) is 10.6 Å². The van der Waals surface area contributed by atoms with E-state index in [-0.39, 0.29) is 12.0 Å². The van der Waals surface area contributed by atoms with Crippen molar-refractivity contribution in [2.45, 2.75) is 57.1 Å². The molecule has 0 bridgehead atoms. The molecule has 0 aliphatic carbocycles. The largest absolute Gasteiger partial charge is 0.507 e. The van der Waals surface area contributed by atoms with Crippen LogP contribution in [0.3, 0.4) is 0 Å². The Morgan fingerprint density at radius 1 is 0.809 bits per heavy atom. The number of ether oxygens (including phenoxy) is 2. The number of carbonyl (C=O) groups is 4. The van der Waals surface area contributed by atoms with Crippen molar-refractivity contribution in [2.75, 3.05) is 0 Å². The highest BCUT2D eigenvalue weighted by Gasteiger charge is 2.41. The van der Waals surface area contributed by atoms with Crippen LogP contribution in [-0.2, 0) is 36.7 Å². The van der Waals surface area contributed by atoms with Crippen LogP contribution in [0, 0.1) is 35.0 Å². The standard InChI is InChI=1S/C32H29F5N2O8/c1-14-28(41)19(13-18-22(33)24(35)26(37)25(36)23(18)34)38-30(43)27(39-29(42)17-10-6-7-11-20(17)40)15(2)46-32(45)21(47-31(14)44)12-16-8-4-3-5-9-16/h3-11,14-15,19,21,27-28,40-41H,12-13H2,1-2H3,(H,38,43)(H,39,42). The van der Waals surface area contributed by atoms with Crippen molar-refractivity contribution >= 4 is 23.8 Å². The van der Waals surface area contributed by atoms with Gasteiger partial charge in [-0.05, 0) is 31.5 Å². The van der Waals surface area contributed by atoms with Gasteiger partial charge in [-0.15, -0.1) is 0 Å². The predicted molar refractivity (Wildman–Crippen MR) is 152 cm³/mol. The summed E-state index contributed by atoms with van der Waals surface area (Å²) in [6.07, 6.45) is -6.75. The van der Waals surface area contributed by atoms with Gasteiger partial charge in [-0.2, -0.15) is 0 Å². The number of esters is 2. The minimum atomic E-state index is -2.43. The summed E-state index contributed by atoms with van der Waals surface area (Å²) < 4.78 is 82.0. The average molecular weight is 665 g/mol. The summed E-state index contributed by atoms with van der Waals surface area (Å²) in [5.74, 6) is -18.2. The van der Waals surface area contributed by atoms with E-state index in [1.54, 1.807) is 30.3 Å². The van der Waals surface area contributed by atoms with Gasteiger partial charge < -0.3 is 30.3 Å². The van der Waals surface area contributed by atoms with Gasteiger partial charge in [-0.25, -0.2) is 26.7 Å². The molecule has 0 spiro atoms. The van der Waals surface area contributed by atoms with Crippen LogP contribution in [0.5, 0.6) is 5.75 Å². The third-order valence-electron chi connectivity index (χ3n) is 7.62. The fourth-order valence-electron chi connectivity index (χ4n) is 4.92. The summed E-state index contributed by atoms with van der Waals surface area (Å²) >= 11 is 0. The fraction of sp³-hybridized carbons (Fsp3) is 0.312. The molecule has 0 aromatic heterocycles. The van der Waals surface area contributed by atoms with Crippen LogP contribution < -0.4 is 10.6 Å². The number of carbonyl (C=O) groups excluding carboxylic acids is 4. The molecule has 1 heterocycles. The molecule has 3 aromatic rings. The minimum Gasteiger partial charge on any atom is -0.507 e. The maximum Gasteiger partial charge on any atom is 0.348 e. The first-order chi connectivity index (χ1) is 22.2. The third-order valence-corrected chi connectivity index (χ3v) is 7.62. The maximum atomic E-state index is 14.7. The van der Waals surface area contributed by atoms with E-state index in [1.807, 2.05) is 0 Å². The SMILES string of the molecule is CC1OC(=O)C(Cc2ccccc2)OC(=O)C(C)C(O)C(Cc2c(F)c(F)c(F)c(F)c2F)NC(=O)C1NC(=O)c1ccccc1O. The number of aromatic hydroxyl groups is 1. The van der Waals surface area contributed by atoms with Gasteiger partial charge in [-0.3, -0.25) is 14.4 Å². The van der Waals surface area contributed by atoms with Crippen molar-refractivity contribution in [1.29, 1.82) is 0 Å². The number of benzene rings is 3. The van der Waals surface area contributed by atoms with Gasteiger partial charge in [0.1, 0.15) is 17.9 Å². The average Bonchev–Trinajstić information content (AvgIpc) is 3.05. The summed E-state index contributed by atoms with van der Waals surface area (Å²) in [6, 6.07) is 9.65. The Bertz CT molecular complexity index is 1650. The second-order valence-electron chi connectivity index (χ2n) is 10.9. The van der Waals surface area contributed by atoms with Crippen LogP contribution in [-0.4, -0.2) is 64.4 Å². The third kappa shape index (κ3) is 7.68. The van der Waals surface area contributed by atoms with Crippen LogP contribution in [0.1, 0.15) is 35.3 Å². The van der Waals surface area contributed by atoms with Crippen molar-refractivity contribution in [3.05, 3.63) is 100 Å². The van der Waals surface area contributed by atoms with Crippen molar-refractivity contribution < 1.29 is 60.8 Å².